The molecule has 0 amide bonds. The van der Waals surface area contributed by atoms with Crippen LogP contribution in [0, 0.1) is 11.8 Å². The first-order chi connectivity index (χ1) is 9.15. The molecule has 1 N–H and O–H groups in total. The van der Waals surface area contributed by atoms with Gasteiger partial charge in [-0.3, -0.25) is 0 Å². The van der Waals surface area contributed by atoms with Crippen molar-refractivity contribution in [1.29, 1.82) is 0 Å². The third kappa shape index (κ3) is 4.19. The van der Waals surface area contributed by atoms with E-state index in [1.165, 1.54) is 51.4 Å². The summed E-state index contributed by atoms with van der Waals surface area (Å²) < 4.78 is 6.22. The van der Waals surface area contributed by atoms with Gasteiger partial charge < -0.3 is 10.1 Å². The van der Waals surface area contributed by atoms with Crippen LogP contribution in [0.15, 0.2) is 0 Å². The van der Waals surface area contributed by atoms with E-state index in [1.807, 2.05) is 0 Å². The predicted molar refractivity (Wildman–Crippen MR) is 81.4 cm³/mol. The van der Waals surface area contributed by atoms with E-state index in [1.54, 1.807) is 0 Å². The van der Waals surface area contributed by atoms with Gasteiger partial charge in [-0.25, -0.2) is 0 Å². The van der Waals surface area contributed by atoms with Crippen molar-refractivity contribution in [1.82, 2.24) is 5.32 Å². The van der Waals surface area contributed by atoms with Gasteiger partial charge in [0.15, 0.2) is 0 Å². The molecule has 3 atom stereocenters. The van der Waals surface area contributed by atoms with Gasteiger partial charge in [0.1, 0.15) is 0 Å². The Bertz CT molecular complexity index is 254. The maximum absolute atomic E-state index is 6.22. The first kappa shape index (κ1) is 15.3. The Kier molecular flexibility index (Phi) is 5.70. The molecular formula is C17H33NO. The molecular weight excluding hydrogens is 234 g/mol. The Morgan fingerprint density at radius 2 is 1.95 bits per heavy atom. The molecule has 2 nitrogen and oxygen atoms in total. The molecule has 0 aromatic heterocycles. The van der Waals surface area contributed by atoms with Gasteiger partial charge >= 0.3 is 0 Å². The highest BCUT2D eigenvalue weighted by Crippen LogP contribution is 2.43. The van der Waals surface area contributed by atoms with Crippen LogP contribution in [0.1, 0.15) is 72.1 Å². The second-order valence-electron chi connectivity index (χ2n) is 7.02. The van der Waals surface area contributed by atoms with Crippen molar-refractivity contribution >= 4 is 0 Å². The van der Waals surface area contributed by atoms with Crippen LogP contribution in [0.2, 0.25) is 0 Å². The van der Waals surface area contributed by atoms with Gasteiger partial charge in [-0.2, -0.15) is 0 Å². The highest BCUT2D eigenvalue weighted by Gasteiger charge is 2.39. The second-order valence-corrected chi connectivity index (χ2v) is 7.02. The summed E-state index contributed by atoms with van der Waals surface area (Å²) in [5.74, 6) is 1.71. The van der Waals surface area contributed by atoms with Gasteiger partial charge in [-0.1, -0.05) is 33.1 Å². The second kappa shape index (κ2) is 7.08. The van der Waals surface area contributed by atoms with E-state index in [4.69, 9.17) is 4.74 Å². The predicted octanol–water partition coefficient (Wildman–Crippen LogP) is 4.14. The van der Waals surface area contributed by atoms with Gasteiger partial charge in [0.05, 0.1) is 5.60 Å². The monoisotopic (exact) mass is 267 g/mol. The summed E-state index contributed by atoms with van der Waals surface area (Å²) in [4.78, 5) is 0. The number of hydrogen-bond donors (Lipinski definition) is 1. The van der Waals surface area contributed by atoms with Crippen LogP contribution >= 0.6 is 0 Å². The minimum Gasteiger partial charge on any atom is -0.375 e. The van der Waals surface area contributed by atoms with E-state index >= 15 is 0 Å². The molecule has 0 bridgehead atoms. The molecule has 1 aliphatic carbocycles. The van der Waals surface area contributed by atoms with Crippen molar-refractivity contribution in [2.24, 2.45) is 11.8 Å². The van der Waals surface area contributed by atoms with E-state index in [9.17, 15) is 0 Å². The molecule has 1 saturated carbocycles. The molecule has 19 heavy (non-hydrogen) atoms. The summed E-state index contributed by atoms with van der Waals surface area (Å²) >= 11 is 0. The number of hydrogen-bond acceptors (Lipinski definition) is 2. The number of ether oxygens (including phenoxy) is 1. The zero-order valence-corrected chi connectivity index (χ0v) is 13.2. The summed E-state index contributed by atoms with van der Waals surface area (Å²) in [5.41, 5.74) is 0.275. The van der Waals surface area contributed by atoms with E-state index in [-0.39, 0.29) is 5.60 Å². The van der Waals surface area contributed by atoms with Crippen LogP contribution < -0.4 is 5.32 Å². The first-order valence-electron chi connectivity index (χ1n) is 8.52. The molecule has 2 aliphatic rings. The lowest BCUT2D eigenvalue weighted by molar-refractivity contribution is -0.124. The Morgan fingerprint density at radius 1 is 1.21 bits per heavy atom. The van der Waals surface area contributed by atoms with E-state index < -0.39 is 0 Å². The highest BCUT2D eigenvalue weighted by atomic mass is 16.5. The lowest BCUT2D eigenvalue weighted by Gasteiger charge is -2.45. The summed E-state index contributed by atoms with van der Waals surface area (Å²) in [6, 6.07) is 0.658. The fourth-order valence-corrected chi connectivity index (χ4v) is 4.28. The minimum absolute atomic E-state index is 0.275. The molecule has 0 aromatic carbocycles. The smallest absolute Gasteiger partial charge is 0.0685 e. The zero-order chi connectivity index (χ0) is 13.7. The molecule has 1 aliphatic heterocycles. The van der Waals surface area contributed by atoms with Gasteiger partial charge in [0, 0.05) is 12.6 Å². The molecule has 1 saturated heterocycles. The van der Waals surface area contributed by atoms with Crippen molar-refractivity contribution in [2.75, 3.05) is 13.2 Å². The average Bonchev–Trinajstić information content (AvgIpc) is 2.40. The maximum atomic E-state index is 6.22. The van der Waals surface area contributed by atoms with Gasteiger partial charge in [-0.05, 0) is 57.4 Å². The van der Waals surface area contributed by atoms with E-state index in [2.05, 4.69) is 26.1 Å². The van der Waals surface area contributed by atoms with Crippen molar-refractivity contribution in [2.45, 2.75) is 83.8 Å². The Balaban J connectivity index is 1.85. The summed E-state index contributed by atoms with van der Waals surface area (Å²) in [5, 5.41) is 3.56. The molecule has 3 unspecified atom stereocenters. The zero-order valence-electron chi connectivity index (χ0n) is 13.2. The summed E-state index contributed by atoms with van der Waals surface area (Å²) in [6.45, 7) is 9.08. The summed E-state index contributed by atoms with van der Waals surface area (Å²) in [7, 11) is 0. The fourth-order valence-electron chi connectivity index (χ4n) is 4.28. The van der Waals surface area contributed by atoms with Crippen molar-refractivity contribution in [3.63, 3.8) is 0 Å². The van der Waals surface area contributed by atoms with Gasteiger partial charge in [0.2, 0.25) is 0 Å². The van der Waals surface area contributed by atoms with Crippen LogP contribution in [-0.2, 0) is 4.74 Å². The van der Waals surface area contributed by atoms with Crippen LogP contribution in [0.3, 0.4) is 0 Å². The minimum atomic E-state index is 0.275. The Labute approximate surface area is 119 Å². The largest absolute Gasteiger partial charge is 0.375 e. The molecule has 0 aromatic rings. The molecule has 2 rings (SSSR count). The number of rotatable bonds is 5. The third-order valence-corrected chi connectivity index (χ3v) is 5.38. The van der Waals surface area contributed by atoms with Crippen LogP contribution in [0.5, 0.6) is 0 Å². The van der Waals surface area contributed by atoms with Crippen molar-refractivity contribution < 1.29 is 4.74 Å². The third-order valence-electron chi connectivity index (χ3n) is 5.38. The van der Waals surface area contributed by atoms with Crippen LogP contribution in [0.4, 0.5) is 0 Å². The van der Waals surface area contributed by atoms with Crippen LogP contribution in [-0.4, -0.2) is 24.8 Å². The highest BCUT2D eigenvalue weighted by molar-refractivity contribution is 4.91. The fraction of sp³-hybridized carbons (Fsp3) is 1.00. The Hall–Kier alpha value is -0.0800. The lowest BCUT2D eigenvalue weighted by Crippen LogP contribution is -2.43. The first-order valence-corrected chi connectivity index (χ1v) is 8.52. The number of nitrogens with one attached hydrogen (secondary N) is 1. The quantitative estimate of drug-likeness (QED) is 0.808. The van der Waals surface area contributed by atoms with Gasteiger partial charge in [0.25, 0.3) is 0 Å². The molecule has 112 valence electrons. The topological polar surface area (TPSA) is 21.3 Å². The normalized spacial score (nSPS) is 30.2. The van der Waals surface area contributed by atoms with Crippen LogP contribution in [0.25, 0.3) is 0 Å². The molecule has 1 spiro atoms. The van der Waals surface area contributed by atoms with E-state index in [0.717, 1.165) is 25.0 Å². The average molecular weight is 267 g/mol. The molecule has 1 heterocycles. The van der Waals surface area contributed by atoms with Crippen molar-refractivity contribution in [3.8, 4) is 0 Å². The van der Waals surface area contributed by atoms with E-state index in [0.29, 0.717) is 6.04 Å². The van der Waals surface area contributed by atoms with Gasteiger partial charge in [-0.15, -0.1) is 0 Å². The molecule has 0 radical (unpaired) electrons. The molecule has 2 heteroatoms. The Morgan fingerprint density at radius 3 is 2.63 bits per heavy atom. The molecule has 2 fully saturated rings. The standard InChI is InChI=1S/C17H33NO/c1-4-18-15(3)12-14(2)16-8-11-19-17(13-16)9-6-5-7-10-17/h14-16,18H,4-13H2,1-3H3. The maximum Gasteiger partial charge on any atom is 0.0685 e. The summed E-state index contributed by atoms with van der Waals surface area (Å²) in [6.07, 6.45) is 10.7. The van der Waals surface area contributed by atoms with Crippen molar-refractivity contribution in [3.05, 3.63) is 0 Å². The lowest BCUT2D eigenvalue weighted by atomic mass is 9.72. The SMILES string of the molecule is CCNC(C)CC(C)C1CCOC2(CCCCC2)C1.